The molecule has 2 aromatic heterocycles. The standard InChI is InChI=1S/C16H16ClN3/c1-2-3-11-4-6-12(7-5-11)15-16(18)20-10-13(17)8-9-14(20)19-15/h4-10H,2-3,18H2,1H3. The third kappa shape index (κ3) is 2.25. The molecule has 0 aliphatic rings. The van der Waals surface area contributed by atoms with Crippen LogP contribution >= 0.6 is 11.6 Å². The largest absolute Gasteiger partial charge is 0.383 e. The van der Waals surface area contributed by atoms with Crippen molar-refractivity contribution in [1.29, 1.82) is 0 Å². The van der Waals surface area contributed by atoms with E-state index in [9.17, 15) is 0 Å². The Balaban J connectivity index is 2.07. The van der Waals surface area contributed by atoms with Crippen LogP contribution in [0.15, 0.2) is 42.6 Å². The number of nitrogens with zero attached hydrogens (tertiary/aromatic N) is 2. The lowest BCUT2D eigenvalue weighted by Crippen LogP contribution is -1.94. The van der Waals surface area contributed by atoms with Crippen molar-refractivity contribution in [2.75, 3.05) is 5.73 Å². The summed E-state index contributed by atoms with van der Waals surface area (Å²) >= 11 is 6.00. The molecule has 0 unspecified atom stereocenters. The number of halogens is 1. The molecular formula is C16H16ClN3. The summed E-state index contributed by atoms with van der Waals surface area (Å²) in [6.07, 6.45) is 4.03. The molecule has 4 heteroatoms. The Bertz CT molecular complexity index is 744. The number of nitrogen functional groups attached to an aromatic ring is 1. The van der Waals surface area contributed by atoms with Gasteiger partial charge in [-0.2, -0.15) is 0 Å². The second-order valence-electron chi connectivity index (χ2n) is 4.87. The highest BCUT2D eigenvalue weighted by Gasteiger charge is 2.11. The monoisotopic (exact) mass is 285 g/mol. The molecule has 0 fully saturated rings. The number of aryl methyl sites for hydroxylation is 1. The van der Waals surface area contributed by atoms with Crippen LogP contribution in [0.25, 0.3) is 16.9 Å². The van der Waals surface area contributed by atoms with Crippen molar-refractivity contribution in [3.8, 4) is 11.3 Å². The third-order valence-electron chi connectivity index (χ3n) is 3.39. The van der Waals surface area contributed by atoms with Crippen LogP contribution in [0.3, 0.4) is 0 Å². The van der Waals surface area contributed by atoms with E-state index >= 15 is 0 Å². The van der Waals surface area contributed by atoms with Gasteiger partial charge in [-0.05, 0) is 24.1 Å². The van der Waals surface area contributed by atoms with Gasteiger partial charge in [-0.1, -0.05) is 49.2 Å². The number of nitrogens with two attached hydrogens (primary N) is 1. The highest BCUT2D eigenvalue weighted by Crippen LogP contribution is 2.27. The first-order chi connectivity index (χ1) is 9.69. The number of hydrogen-bond donors (Lipinski definition) is 1. The molecule has 3 aromatic rings. The molecule has 1 aromatic carbocycles. The Morgan fingerprint density at radius 3 is 2.60 bits per heavy atom. The van der Waals surface area contributed by atoms with E-state index in [1.165, 1.54) is 5.56 Å². The number of hydrogen-bond acceptors (Lipinski definition) is 2. The normalized spacial score (nSPS) is 11.1. The van der Waals surface area contributed by atoms with Gasteiger partial charge in [-0.25, -0.2) is 4.98 Å². The summed E-state index contributed by atoms with van der Waals surface area (Å²) in [5.74, 6) is 0.616. The van der Waals surface area contributed by atoms with E-state index < -0.39 is 0 Å². The van der Waals surface area contributed by atoms with Crippen molar-refractivity contribution < 1.29 is 0 Å². The number of anilines is 1. The summed E-state index contributed by atoms with van der Waals surface area (Å²) in [6.45, 7) is 2.18. The molecule has 0 aliphatic heterocycles. The number of benzene rings is 1. The molecule has 0 amide bonds. The van der Waals surface area contributed by atoms with Gasteiger partial charge in [0.1, 0.15) is 17.2 Å². The summed E-state index contributed by atoms with van der Waals surface area (Å²) < 4.78 is 1.82. The zero-order valence-corrected chi connectivity index (χ0v) is 12.1. The number of fused-ring (bicyclic) bond motifs is 1. The second kappa shape index (κ2) is 5.17. The minimum atomic E-state index is 0.616. The first-order valence-corrected chi connectivity index (χ1v) is 7.09. The van der Waals surface area contributed by atoms with E-state index in [0.717, 1.165) is 29.7 Å². The molecule has 0 saturated carbocycles. The molecule has 2 N–H and O–H groups in total. The SMILES string of the molecule is CCCc1ccc(-c2nc3ccc(Cl)cn3c2N)cc1. The summed E-state index contributed by atoms with van der Waals surface area (Å²) in [7, 11) is 0. The van der Waals surface area contributed by atoms with Gasteiger partial charge in [0, 0.05) is 11.8 Å². The summed E-state index contributed by atoms with van der Waals surface area (Å²) in [4.78, 5) is 4.58. The smallest absolute Gasteiger partial charge is 0.139 e. The minimum absolute atomic E-state index is 0.616. The lowest BCUT2D eigenvalue weighted by Gasteiger charge is -2.02. The van der Waals surface area contributed by atoms with Crippen LogP contribution in [0.4, 0.5) is 5.82 Å². The zero-order valence-electron chi connectivity index (χ0n) is 11.3. The van der Waals surface area contributed by atoms with Gasteiger partial charge in [-0.15, -0.1) is 0 Å². The fourth-order valence-electron chi connectivity index (χ4n) is 2.37. The fourth-order valence-corrected chi connectivity index (χ4v) is 2.53. The molecule has 3 nitrogen and oxygen atoms in total. The molecule has 0 aliphatic carbocycles. The predicted molar refractivity (Wildman–Crippen MR) is 84.0 cm³/mol. The van der Waals surface area contributed by atoms with Crippen molar-refractivity contribution in [3.05, 3.63) is 53.2 Å². The van der Waals surface area contributed by atoms with Crippen molar-refractivity contribution in [1.82, 2.24) is 9.38 Å². The lowest BCUT2D eigenvalue weighted by atomic mass is 10.1. The van der Waals surface area contributed by atoms with Crippen molar-refractivity contribution in [3.63, 3.8) is 0 Å². The number of rotatable bonds is 3. The Labute approximate surface area is 123 Å². The molecule has 0 radical (unpaired) electrons. The van der Waals surface area contributed by atoms with E-state index in [2.05, 4.69) is 36.2 Å². The van der Waals surface area contributed by atoms with E-state index in [1.807, 2.05) is 16.5 Å². The maximum Gasteiger partial charge on any atom is 0.139 e. The Morgan fingerprint density at radius 2 is 1.90 bits per heavy atom. The number of aromatic nitrogens is 2. The average Bonchev–Trinajstić information content (AvgIpc) is 2.77. The van der Waals surface area contributed by atoms with Crippen molar-refractivity contribution >= 4 is 23.1 Å². The van der Waals surface area contributed by atoms with Crippen LogP contribution < -0.4 is 5.73 Å². The van der Waals surface area contributed by atoms with Crippen LogP contribution in [0, 0.1) is 0 Å². The van der Waals surface area contributed by atoms with E-state index in [-0.39, 0.29) is 0 Å². The first kappa shape index (κ1) is 13.0. The van der Waals surface area contributed by atoms with E-state index in [1.54, 1.807) is 6.20 Å². The first-order valence-electron chi connectivity index (χ1n) is 6.71. The average molecular weight is 286 g/mol. The van der Waals surface area contributed by atoms with Gasteiger partial charge in [0.05, 0.1) is 5.02 Å². The van der Waals surface area contributed by atoms with Gasteiger partial charge in [0.15, 0.2) is 0 Å². The Morgan fingerprint density at radius 1 is 1.15 bits per heavy atom. The minimum Gasteiger partial charge on any atom is -0.383 e. The van der Waals surface area contributed by atoms with Crippen LogP contribution in [-0.2, 0) is 6.42 Å². The summed E-state index contributed by atoms with van der Waals surface area (Å²) in [5.41, 5.74) is 10.1. The van der Waals surface area contributed by atoms with Crippen LogP contribution in [0.5, 0.6) is 0 Å². The van der Waals surface area contributed by atoms with Crippen molar-refractivity contribution in [2.24, 2.45) is 0 Å². The van der Waals surface area contributed by atoms with Gasteiger partial charge in [0.2, 0.25) is 0 Å². The van der Waals surface area contributed by atoms with Crippen LogP contribution in [-0.4, -0.2) is 9.38 Å². The fraction of sp³-hybridized carbons (Fsp3) is 0.188. The van der Waals surface area contributed by atoms with Gasteiger partial charge >= 0.3 is 0 Å². The van der Waals surface area contributed by atoms with E-state index in [0.29, 0.717) is 10.8 Å². The molecule has 0 saturated heterocycles. The molecule has 20 heavy (non-hydrogen) atoms. The number of pyridine rings is 1. The molecule has 102 valence electrons. The molecule has 0 bridgehead atoms. The maximum absolute atomic E-state index is 6.18. The maximum atomic E-state index is 6.18. The molecule has 2 heterocycles. The molecular weight excluding hydrogens is 270 g/mol. The summed E-state index contributed by atoms with van der Waals surface area (Å²) in [5, 5.41) is 0.645. The van der Waals surface area contributed by atoms with Gasteiger partial charge in [0.25, 0.3) is 0 Å². The Hall–Kier alpha value is -2.00. The number of imidazole rings is 1. The molecule has 0 spiro atoms. The van der Waals surface area contributed by atoms with Crippen LogP contribution in [0.2, 0.25) is 5.02 Å². The zero-order chi connectivity index (χ0) is 14.1. The highest BCUT2D eigenvalue weighted by atomic mass is 35.5. The topological polar surface area (TPSA) is 43.3 Å². The predicted octanol–water partition coefficient (Wildman–Crippen LogP) is 4.19. The second-order valence-corrected chi connectivity index (χ2v) is 5.30. The van der Waals surface area contributed by atoms with Crippen molar-refractivity contribution in [2.45, 2.75) is 19.8 Å². The van der Waals surface area contributed by atoms with E-state index in [4.69, 9.17) is 17.3 Å². The van der Waals surface area contributed by atoms with Gasteiger partial charge in [-0.3, -0.25) is 4.40 Å². The third-order valence-corrected chi connectivity index (χ3v) is 3.61. The van der Waals surface area contributed by atoms with Crippen LogP contribution in [0.1, 0.15) is 18.9 Å². The Kier molecular flexibility index (Phi) is 3.36. The summed E-state index contributed by atoms with van der Waals surface area (Å²) in [6, 6.07) is 12.1. The lowest BCUT2D eigenvalue weighted by molar-refractivity contribution is 0.922. The quantitative estimate of drug-likeness (QED) is 0.784. The van der Waals surface area contributed by atoms with Gasteiger partial charge < -0.3 is 5.73 Å². The molecule has 0 atom stereocenters. The highest BCUT2D eigenvalue weighted by molar-refractivity contribution is 6.30. The molecule has 3 rings (SSSR count).